The molecule has 10 heteroatoms. The Bertz CT molecular complexity index is 1010. The van der Waals surface area contributed by atoms with Crippen LogP contribution in [0.5, 0.6) is 0 Å². The second-order valence-electron chi connectivity index (χ2n) is 7.20. The number of aromatic amines is 1. The van der Waals surface area contributed by atoms with E-state index in [0.29, 0.717) is 29.6 Å². The number of carbonyl (C=O) groups is 1. The molecule has 1 unspecified atom stereocenters. The van der Waals surface area contributed by atoms with Gasteiger partial charge in [0.05, 0.1) is 11.4 Å². The topological polar surface area (TPSA) is 100 Å². The van der Waals surface area contributed by atoms with Gasteiger partial charge in [-0.25, -0.2) is 8.42 Å². The molecule has 8 nitrogen and oxygen atoms in total. The Labute approximate surface area is 169 Å². The second kappa shape index (κ2) is 7.76. The van der Waals surface area contributed by atoms with Gasteiger partial charge in [-0.2, -0.15) is 9.40 Å². The molecule has 0 radical (unpaired) electrons. The van der Waals surface area contributed by atoms with E-state index in [2.05, 4.69) is 15.5 Å². The predicted molar refractivity (Wildman–Crippen MR) is 106 cm³/mol. The van der Waals surface area contributed by atoms with Crippen molar-refractivity contribution in [2.24, 2.45) is 0 Å². The number of carbonyl (C=O) groups excluding carboxylic acids is 1. The molecule has 2 heterocycles. The fraction of sp³-hybridized carbons (Fsp3) is 0.500. The summed E-state index contributed by atoms with van der Waals surface area (Å²) in [5.74, 6) is 0.379. The smallest absolute Gasteiger partial charge is 0.243 e. The van der Waals surface area contributed by atoms with Gasteiger partial charge in [0.15, 0.2) is 10.6 Å². The average molecular weight is 422 g/mol. The van der Waals surface area contributed by atoms with Crippen molar-refractivity contribution < 1.29 is 13.2 Å². The second-order valence-corrected chi connectivity index (χ2v) is 9.48. The lowest BCUT2D eigenvalue weighted by atomic mass is 10.0. The van der Waals surface area contributed by atoms with Crippen molar-refractivity contribution in [2.75, 3.05) is 6.54 Å². The first-order chi connectivity index (χ1) is 13.5. The predicted octanol–water partition coefficient (Wildman–Crippen LogP) is 2.14. The molecular weight excluding hydrogens is 398 g/mol. The Morgan fingerprint density at radius 3 is 2.68 bits per heavy atom. The van der Waals surface area contributed by atoms with Crippen molar-refractivity contribution in [2.45, 2.75) is 55.6 Å². The van der Waals surface area contributed by atoms with E-state index in [1.54, 1.807) is 30.3 Å². The first kappa shape index (κ1) is 19.3. The summed E-state index contributed by atoms with van der Waals surface area (Å²) in [4.78, 5) is 13.1. The fourth-order valence-corrected chi connectivity index (χ4v) is 5.62. The molecular formula is C18H23N5O3S2. The van der Waals surface area contributed by atoms with Crippen molar-refractivity contribution in [1.29, 1.82) is 0 Å². The van der Waals surface area contributed by atoms with Crippen LogP contribution in [0.15, 0.2) is 35.2 Å². The molecule has 28 heavy (non-hydrogen) atoms. The SMILES string of the molecule is O=C(NCc1n[nH]c(=S)n1C1CC1)C1CCCCN1S(=O)(=O)c1ccccc1. The number of sulfonamides is 1. The van der Waals surface area contributed by atoms with E-state index in [9.17, 15) is 13.2 Å². The van der Waals surface area contributed by atoms with Crippen LogP contribution in [-0.2, 0) is 21.4 Å². The lowest BCUT2D eigenvalue weighted by molar-refractivity contribution is -0.125. The molecule has 1 aromatic heterocycles. The molecule has 150 valence electrons. The van der Waals surface area contributed by atoms with E-state index >= 15 is 0 Å². The number of hydrogen-bond acceptors (Lipinski definition) is 5. The molecule has 2 aliphatic rings. The minimum atomic E-state index is -3.72. The first-order valence-corrected chi connectivity index (χ1v) is 11.3. The number of piperidine rings is 1. The zero-order valence-electron chi connectivity index (χ0n) is 15.4. The van der Waals surface area contributed by atoms with Gasteiger partial charge in [-0.3, -0.25) is 14.5 Å². The van der Waals surface area contributed by atoms with E-state index in [4.69, 9.17) is 12.2 Å². The van der Waals surface area contributed by atoms with Gasteiger partial charge in [-0.15, -0.1) is 0 Å². The van der Waals surface area contributed by atoms with E-state index in [-0.39, 0.29) is 17.3 Å². The van der Waals surface area contributed by atoms with Crippen molar-refractivity contribution in [3.05, 3.63) is 40.9 Å². The summed E-state index contributed by atoms with van der Waals surface area (Å²) in [6, 6.07) is 7.90. The highest BCUT2D eigenvalue weighted by molar-refractivity contribution is 7.89. The molecule has 1 saturated heterocycles. The largest absolute Gasteiger partial charge is 0.347 e. The fourth-order valence-electron chi connectivity index (χ4n) is 3.64. The van der Waals surface area contributed by atoms with Gasteiger partial charge >= 0.3 is 0 Å². The first-order valence-electron chi connectivity index (χ1n) is 9.49. The number of nitrogens with one attached hydrogen (secondary N) is 2. The van der Waals surface area contributed by atoms with E-state index in [1.807, 2.05) is 4.57 Å². The molecule has 1 aliphatic carbocycles. The summed E-state index contributed by atoms with van der Waals surface area (Å²) in [7, 11) is -3.72. The van der Waals surface area contributed by atoms with E-state index in [0.717, 1.165) is 25.7 Å². The highest BCUT2D eigenvalue weighted by Gasteiger charge is 2.37. The maximum atomic E-state index is 13.0. The van der Waals surface area contributed by atoms with Crippen LogP contribution in [-0.4, -0.2) is 46.0 Å². The summed E-state index contributed by atoms with van der Waals surface area (Å²) in [5.41, 5.74) is 0. The van der Waals surface area contributed by atoms with Crippen LogP contribution < -0.4 is 5.32 Å². The molecule has 0 bridgehead atoms. The molecule has 1 aromatic carbocycles. The maximum absolute atomic E-state index is 13.0. The number of aromatic nitrogens is 3. The van der Waals surface area contributed by atoms with Gasteiger partial charge in [-0.1, -0.05) is 24.6 Å². The van der Waals surface area contributed by atoms with Crippen LogP contribution in [0.2, 0.25) is 0 Å². The Balaban J connectivity index is 1.50. The third-order valence-corrected chi connectivity index (χ3v) is 7.43. The molecule has 1 amide bonds. The van der Waals surface area contributed by atoms with Crippen molar-refractivity contribution in [3.63, 3.8) is 0 Å². The van der Waals surface area contributed by atoms with Crippen molar-refractivity contribution >= 4 is 28.1 Å². The van der Waals surface area contributed by atoms with Crippen LogP contribution in [0.3, 0.4) is 0 Å². The molecule has 2 aromatic rings. The van der Waals surface area contributed by atoms with Crippen LogP contribution in [0.1, 0.15) is 44.0 Å². The lowest BCUT2D eigenvalue weighted by Crippen LogP contribution is -2.51. The number of benzene rings is 1. The normalized spacial score (nSPS) is 20.8. The Morgan fingerprint density at radius 2 is 1.96 bits per heavy atom. The Morgan fingerprint density at radius 1 is 1.21 bits per heavy atom. The quantitative estimate of drug-likeness (QED) is 0.696. The van der Waals surface area contributed by atoms with E-state index in [1.165, 1.54) is 4.31 Å². The number of H-pyrrole nitrogens is 1. The van der Waals surface area contributed by atoms with Crippen LogP contribution in [0.4, 0.5) is 0 Å². The number of nitrogens with zero attached hydrogens (tertiary/aromatic N) is 3. The highest BCUT2D eigenvalue weighted by Crippen LogP contribution is 2.35. The van der Waals surface area contributed by atoms with Gasteiger partial charge in [0.2, 0.25) is 15.9 Å². The molecule has 1 saturated carbocycles. The standard InChI is InChI=1S/C18H23N5O3S2/c24-17(19-12-16-20-21-18(27)23(16)13-9-10-13)15-8-4-5-11-22(15)28(25,26)14-6-2-1-3-7-14/h1-3,6-7,13,15H,4-5,8-12H2,(H,19,24)(H,21,27). The van der Waals surface area contributed by atoms with Gasteiger partial charge in [0, 0.05) is 12.6 Å². The molecule has 1 aliphatic heterocycles. The van der Waals surface area contributed by atoms with Crippen molar-refractivity contribution in [1.82, 2.24) is 24.4 Å². The molecule has 2 N–H and O–H groups in total. The van der Waals surface area contributed by atoms with Gasteiger partial charge in [0.25, 0.3) is 0 Å². The van der Waals surface area contributed by atoms with Gasteiger partial charge < -0.3 is 5.32 Å². The van der Waals surface area contributed by atoms with Crippen LogP contribution in [0.25, 0.3) is 0 Å². The minimum absolute atomic E-state index is 0.212. The number of rotatable bonds is 6. The summed E-state index contributed by atoms with van der Waals surface area (Å²) in [6.07, 6.45) is 4.18. The third-order valence-electron chi connectivity index (χ3n) is 5.22. The highest BCUT2D eigenvalue weighted by atomic mass is 32.2. The zero-order valence-corrected chi connectivity index (χ0v) is 17.0. The monoisotopic (exact) mass is 421 g/mol. The lowest BCUT2D eigenvalue weighted by Gasteiger charge is -2.33. The van der Waals surface area contributed by atoms with Crippen molar-refractivity contribution in [3.8, 4) is 0 Å². The molecule has 1 atom stereocenters. The minimum Gasteiger partial charge on any atom is -0.347 e. The summed E-state index contributed by atoms with van der Waals surface area (Å²) in [5, 5.41) is 9.85. The van der Waals surface area contributed by atoms with E-state index < -0.39 is 16.1 Å². The Hall–Kier alpha value is -2.04. The molecule has 0 spiro atoms. The summed E-state index contributed by atoms with van der Waals surface area (Å²) >= 11 is 5.26. The third kappa shape index (κ3) is 3.76. The molecule has 4 rings (SSSR count). The van der Waals surface area contributed by atoms with Crippen LogP contribution >= 0.6 is 12.2 Å². The number of hydrogen-bond donors (Lipinski definition) is 2. The van der Waals surface area contributed by atoms with Crippen LogP contribution in [0, 0.1) is 4.77 Å². The zero-order chi connectivity index (χ0) is 19.7. The van der Waals surface area contributed by atoms with Gasteiger partial charge in [0.1, 0.15) is 6.04 Å². The maximum Gasteiger partial charge on any atom is 0.243 e. The van der Waals surface area contributed by atoms with Gasteiger partial charge in [-0.05, 0) is 50.0 Å². The Kier molecular flexibility index (Phi) is 5.35. The average Bonchev–Trinajstić information content (AvgIpc) is 3.49. The molecule has 2 fully saturated rings. The summed E-state index contributed by atoms with van der Waals surface area (Å²) < 4.78 is 29.9. The number of amides is 1. The summed E-state index contributed by atoms with van der Waals surface area (Å²) in [6.45, 7) is 0.564.